The van der Waals surface area contributed by atoms with E-state index in [1.165, 1.54) is 27.7 Å². The molecular weight excluding hydrogens is 396 g/mol. The van der Waals surface area contributed by atoms with E-state index >= 15 is 0 Å². The molecule has 2 N–H and O–H groups in total. The maximum atomic E-state index is 5.98. The smallest absolute Gasteiger partial charge is 0.125 e. The van der Waals surface area contributed by atoms with Gasteiger partial charge in [0.15, 0.2) is 0 Å². The van der Waals surface area contributed by atoms with Gasteiger partial charge in [-0.3, -0.25) is 0 Å². The highest BCUT2D eigenvalue weighted by Gasteiger charge is 2.25. The highest BCUT2D eigenvalue weighted by molar-refractivity contribution is 6.30. The molecule has 0 aliphatic carbocycles. The Hall–Kier alpha value is -2.95. The maximum Gasteiger partial charge on any atom is 0.125 e. The van der Waals surface area contributed by atoms with E-state index in [2.05, 4.69) is 46.7 Å². The third-order valence-electron chi connectivity index (χ3n) is 5.70. The number of para-hydroxylation sites is 1. The van der Waals surface area contributed by atoms with Gasteiger partial charge in [-0.25, -0.2) is 0 Å². The van der Waals surface area contributed by atoms with E-state index in [4.69, 9.17) is 21.1 Å². The summed E-state index contributed by atoms with van der Waals surface area (Å²) in [5.74, 6) is 1.60. The monoisotopic (exact) mass is 418 g/mol. The van der Waals surface area contributed by atoms with Gasteiger partial charge >= 0.3 is 0 Å². The lowest BCUT2D eigenvalue weighted by Gasteiger charge is -2.25. The van der Waals surface area contributed by atoms with Gasteiger partial charge in [0.25, 0.3) is 0 Å². The lowest BCUT2D eigenvalue weighted by atomic mass is 9.93. The molecule has 0 radical (unpaired) electrons. The largest absolute Gasteiger partial charge is 0.496 e. The summed E-state index contributed by atoms with van der Waals surface area (Å²) in [6.45, 7) is 1.37. The second kappa shape index (κ2) is 8.05. The third kappa shape index (κ3) is 3.53. The molecule has 0 amide bonds. The Kier molecular flexibility index (Phi) is 5.11. The van der Waals surface area contributed by atoms with Crippen LogP contribution in [0.2, 0.25) is 5.02 Å². The van der Waals surface area contributed by atoms with Crippen LogP contribution in [0.1, 0.15) is 28.4 Å². The first kappa shape index (κ1) is 19.0. The normalized spacial score (nSPS) is 15.7. The fraction of sp³-hybridized carbons (Fsp3) is 0.200. The number of rotatable bonds is 5. The number of H-pyrrole nitrogens is 1. The van der Waals surface area contributed by atoms with E-state index in [0.717, 1.165) is 30.0 Å². The van der Waals surface area contributed by atoms with E-state index in [1.54, 1.807) is 7.11 Å². The summed E-state index contributed by atoms with van der Waals surface area (Å²) in [6, 6.07) is 22.4. The molecule has 3 aromatic carbocycles. The third-order valence-corrected chi connectivity index (χ3v) is 5.96. The number of aromatic nitrogens is 1. The number of methoxy groups -OCH3 is 1. The first-order valence-corrected chi connectivity index (χ1v) is 10.5. The standard InChI is InChI=1S/C25H23ClN2O2/c1-29-23-11-6-16(14-17(23)15-30-19-9-7-18(26)8-10-19)24-25-21(12-13-27-24)20-4-2-3-5-22(20)28-25/h2-11,14,24,27-28H,12-13,15H2,1H3/t24-/m1/s1. The van der Waals surface area contributed by atoms with E-state index in [-0.39, 0.29) is 6.04 Å². The molecule has 1 aliphatic heterocycles. The van der Waals surface area contributed by atoms with Gasteiger partial charge in [0, 0.05) is 33.7 Å². The summed E-state index contributed by atoms with van der Waals surface area (Å²) in [4.78, 5) is 3.64. The first-order valence-electron chi connectivity index (χ1n) is 10.1. The zero-order valence-electron chi connectivity index (χ0n) is 16.7. The number of nitrogens with one attached hydrogen (secondary N) is 2. The van der Waals surface area contributed by atoms with Crippen molar-refractivity contribution in [3.63, 3.8) is 0 Å². The van der Waals surface area contributed by atoms with Gasteiger partial charge in [0.05, 0.1) is 13.2 Å². The molecule has 0 saturated carbocycles. The molecule has 0 unspecified atom stereocenters. The minimum atomic E-state index is 0.112. The Balaban J connectivity index is 1.47. The van der Waals surface area contributed by atoms with Crippen LogP contribution in [0, 0.1) is 0 Å². The molecular formula is C25H23ClN2O2. The molecule has 1 aliphatic rings. The van der Waals surface area contributed by atoms with Crippen molar-refractivity contribution in [1.82, 2.24) is 10.3 Å². The summed E-state index contributed by atoms with van der Waals surface area (Å²) in [5, 5.41) is 5.68. The van der Waals surface area contributed by atoms with Gasteiger partial charge in [-0.05, 0) is 60.0 Å². The molecule has 152 valence electrons. The molecule has 0 spiro atoms. The van der Waals surface area contributed by atoms with Crippen LogP contribution in [0.25, 0.3) is 10.9 Å². The van der Waals surface area contributed by atoms with Crippen LogP contribution in [0.3, 0.4) is 0 Å². The van der Waals surface area contributed by atoms with Crippen molar-refractivity contribution in [3.05, 3.63) is 94.1 Å². The fourth-order valence-electron chi connectivity index (χ4n) is 4.25. The van der Waals surface area contributed by atoms with Crippen molar-refractivity contribution in [3.8, 4) is 11.5 Å². The predicted octanol–water partition coefficient (Wildman–Crippen LogP) is 5.64. The molecule has 2 heterocycles. The second-order valence-corrected chi connectivity index (χ2v) is 7.95. The number of fused-ring (bicyclic) bond motifs is 3. The van der Waals surface area contributed by atoms with Gasteiger partial charge in [-0.2, -0.15) is 0 Å². The summed E-state index contributed by atoms with van der Waals surface area (Å²) in [7, 11) is 1.69. The van der Waals surface area contributed by atoms with E-state index in [0.29, 0.717) is 11.6 Å². The molecule has 30 heavy (non-hydrogen) atoms. The zero-order valence-corrected chi connectivity index (χ0v) is 17.5. The number of hydrogen-bond donors (Lipinski definition) is 2. The van der Waals surface area contributed by atoms with Crippen LogP contribution >= 0.6 is 11.6 Å². The first-order chi connectivity index (χ1) is 14.7. The van der Waals surface area contributed by atoms with Crippen LogP contribution in [-0.4, -0.2) is 18.6 Å². The van der Waals surface area contributed by atoms with Crippen LogP contribution in [0.5, 0.6) is 11.5 Å². The van der Waals surface area contributed by atoms with E-state index in [9.17, 15) is 0 Å². The minimum Gasteiger partial charge on any atom is -0.496 e. The molecule has 5 rings (SSSR count). The Morgan fingerprint density at radius 1 is 1.03 bits per heavy atom. The molecule has 4 nitrogen and oxygen atoms in total. The number of halogens is 1. The van der Waals surface area contributed by atoms with Crippen molar-refractivity contribution in [2.45, 2.75) is 19.1 Å². The number of aromatic amines is 1. The van der Waals surface area contributed by atoms with Crippen molar-refractivity contribution >= 4 is 22.5 Å². The molecule has 1 aromatic heterocycles. The lowest BCUT2D eigenvalue weighted by molar-refractivity contribution is 0.296. The molecule has 0 saturated heterocycles. The number of benzene rings is 3. The van der Waals surface area contributed by atoms with Crippen LogP contribution in [-0.2, 0) is 13.0 Å². The second-order valence-electron chi connectivity index (χ2n) is 7.51. The van der Waals surface area contributed by atoms with Crippen molar-refractivity contribution in [2.75, 3.05) is 13.7 Å². The van der Waals surface area contributed by atoms with Gasteiger partial charge in [-0.15, -0.1) is 0 Å². The average molecular weight is 419 g/mol. The van der Waals surface area contributed by atoms with Crippen LogP contribution < -0.4 is 14.8 Å². The molecule has 4 aromatic rings. The Bertz CT molecular complexity index is 1180. The summed E-state index contributed by atoms with van der Waals surface area (Å²) in [6.07, 6.45) is 1.03. The molecule has 5 heteroatoms. The van der Waals surface area contributed by atoms with Gasteiger partial charge in [0.1, 0.15) is 18.1 Å². The summed E-state index contributed by atoms with van der Waals surface area (Å²) >= 11 is 5.97. The predicted molar refractivity (Wildman–Crippen MR) is 121 cm³/mol. The Labute approximate surface area is 180 Å². The minimum absolute atomic E-state index is 0.112. The van der Waals surface area contributed by atoms with Crippen LogP contribution in [0.4, 0.5) is 0 Å². The Morgan fingerprint density at radius 2 is 1.87 bits per heavy atom. The number of hydrogen-bond acceptors (Lipinski definition) is 3. The van der Waals surface area contributed by atoms with Crippen molar-refractivity contribution < 1.29 is 9.47 Å². The van der Waals surface area contributed by atoms with Crippen molar-refractivity contribution in [1.29, 1.82) is 0 Å². The Morgan fingerprint density at radius 3 is 2.70 bits per heavy atom. The van der Waals surface area contributed by atoms with Gasteiger partial charge < -0.3 is 19.8 Å². The highest BCUT2D eigenvalue weighted by atomic mass is 35.5. The van der Waals surface area contributed by atoms with Crippen molar-refractivity contribution in [2.24, 2.45) is 0 Å². The maximum absolute atomic E-state index is 5.98. The summed E-state index contributed by atoms with van der Waals surface area (Å²) in [5.41, 5.74) is 6.05. The molecule has 0 fully saturated rings. The van der Waals surface area contributed by atoms with E-state index in [1.807, 2.05) is 30.3 Å². The number of ether oxygens (including phenoxy) is 2. The SMILES string of the molecule is COc1ccc([C@H]2NCCc3c2[nH]c2ccccc32)cc1COc1ccc(Cl)cc1. The topological polar surface area (TPSA) is 46.3 Å². The average Bonchev–Trinajstić information content (AvgIpc) is 3.17. The van der Waals surface area contributed by atoms with Gasteiger partial charge in [0.2, 0.25) is 0 Å². The lowest BCUT2D eigenvalue weighted by Crippen LogP contribution is -2.30. The quantitative estimate of drug-likeness (QED) is 0.440. The summed E-state index contributed by atoms with van der Waals surface area (Å²) < 4.78 is 11.6. The fourth-order valence-corrected chi connectivity index (χ4v) is 4.37. The van der Waals surface area contributed by atoms with Gasteiger partial charge in [-0.1, -0.05) is 35.9 Å². The zero-order chi connectivity index (χ0) is 20.5. The van der Waals surface area contributed by atoms with E-state index < -0.39 is 0 Å². The van der Waals surface area contributed by atoms with Crippen LogP contribution in [0.15, 0.2) is 66.7 Å². The molecule has 0 bridgehead atoms. The highest BCUT2D eigenvalue weighted by Crippen LogP contribution is 2.35. The molecule has 1 atom stereocenters.